The van der Waals surface area contributed by atoms with E-state index in [0.717, 1.165) is 5.33 Å². The summed E-state index contributed by atoms with van der Waals surface area (Å²) in [4.78, 5) is 0. The highest BCUT2D eigenvalue weighted by molar-refractivity contribution is 9.08. The highest BCUT2D eigenvalue weighted by atomic mass is 79.9. The fourth-order valence-corrected chi connectivity index (χ4v) is 8.85. The molecule has 0 amide bonds. The summed E-state index contributed by atoms with van der Waals surface area (Å²) >= 11 is 3.61. The van der Waals surface area contributed by atoms with Gasteiger partial charge in [0.1, 0.15) is 0 Å². The molecule has 3 heteroatoms. The Labute approximate surface area is 172 Å². The van der Waals surface area contributed by atoms with Crippen LogP contribution in [0.25, 0.3) is 0 Å². The minimum absolute atomic E-state index is 0.000940. The van der Waals surface area contributed by atoms with Crippen LogP contribution in [0.2, 0.25) is 5.04 Å². The SMILES string of the molecule is CC(C)(C)[Si](OCc1ccccc1CBr)(c1ccccc1)c1ccccc1. The number of benzene rings is 3. The van der Waals surface area contributed by atoms with Gasteiger partial charge in [-0.3, -0.25) is 0 Å². The monoisotopic (exact) mass is 438 g/mol. The van der Waals surface area contributed by atoms with Crippen LogP contribution in [0, 0.1) is 0 Å². The molecular weight excluding hydrogens is 412 g/mol. The normalized spacial score (nSPS) is 12.1. The van der Waals surface area contributed by atoms with Crippen LogP contribution in [-0.2, 0) is 16.4 Å². The first-order valence-corrected chi connectivity index (χ1v) is 12.4. The van der Waals surface area contributed by atoms with Crippen molar-refractivity contribution >= 4 is 34.6 Å². The molecule has 3 rings (SSSR count). The van der Waals surface area contributed by atoms with Gasteiger partial charge >= 0.3 is 0 Å². The minimum Gasteiger partial charge on any atom is -0.403 e. The topological polar surface area (TPSA) is 9.23 Å². The van der Waals surface area contributed by atoms with Crippen molar-refractivity contribution in [3.63, 3.8) is 0 Å². The summed E-state index contributed by atoms with van der Waals surface area (Å²) in [6, 6.07) is 30.1. The maximum absolute atomic E-state index is 7.01. The van der Waals surface area contributed by atoms with Crippen molar-refractivity contribution in [3.8, 4) is 0 Å². The lowest BCUT2D eigenvalue weighted by Crippen LogP contribution is -2.66. The fourth-order valence-electron chi connectivity index (χ4n) is 3.78. The fraction of sp³-hybridized carbons (Fsp3) is 0.250. The van der Waals surface area contributed by atoms with Gasteiger partial charge in [-0.2, -0.15) is 0 Å². The summed E-state index contributed by atoms with van der Waals surface area (Å²) in [5.74, 6) is 0. The van der Waals surface area contributed by atoms with E-state index < -0.39 is 8.32 Å². The molecule has 0 bridgehead atoms. The number of halogens is 1. The molecule has 0 aliphatic heterocycles. The van der Waals surface area contributed by atoms with Crippen LogP contribution >= 0.6 is 15.9 Å². The largest absolute Gasteiger partial charge is 0.403 e. The Bertz CT molecular complexity index is 817. The highest BCUT2D eigenvalue weighted by Crippen LogP contribution is 2.37. The molecule has 0 unspecified atom stereocenters. The second kappa shape index (κ2) is 8.55. The van der Waals surface area contributed by atoms with E-state index in [9.17, 15) is 0 Å². The molecule has 0 spiro atoms. The first kappa shape index (κ1) is 20.1. The predicted molar refractivity (Wildman–Crippen MR) is 121 cm³/mol. The Morgan fingerprint density at radius 3 is 1.59 bits per heavy atom. The molecule has 0 aliphatic rings. The maximum atomic E-state index is 7.01. The lowest BCUT2D eigenvalue weighted by molar-refractivity contribution is 0.285. The maximum Gasteiger partial charge on any atom is 0.261 e. The van der Waals surface area contributed by atoms with E-state index in [-0.39, 0.29) is 5.04 Å². The molecule has 0 aliphatic carbocycles. The minimum atomic E-state index is -2.48. The first-order chi connectivity index (χ1) is 13.0. The van der Waals surface area contributed by atoms with Crippen LogP contribution < -0.4 is 10.4 Å². The van der Waals surface area contributed by atoms with Crippen molar-refractivity contribution in [2.75, 3.05) is 0 Å². The van der Waals surface area contributed by atoms with E-state index in [1.807, 2.05) is 0 Å². The summed E-state index contributed by atoms with van der Waals surface area (Å²) < 4.78 is 7.01. The summed E-state index contributed by atoms with van der Waals surface area (Å²) in [7, 11) is -2.48. The Balaban J connectivity index is 2.12. The van der Waals surface area contributed by atoms with Crippen molar-refractivity contribution in [2.45, 2.75) is 37.7 Å². The Kier molecular flexibility index (Phi) is 6.35. The smallest absolute Gasteiger partial charge is 0.261 e. The van der Waals surface area contributed by atoms with Crippen LogP contribution in [0.15, 0.2) is 84.9 Å². The molecule has 140 valence electrons. The van der Waals surface area contributed by atoms with E-state index in [4.69, 9.17) is 4.43 Å². The van der Waals surface area contributed by atoms with E-state index in [1.165, 1.54) is 21.5 Å². The summed E-state index contributed by atoms with van der Waals surface area (Å²) in [5, 5.41) is 3.48. The van der Waals surface area contributed by atoms with Crippen LogP contribution in [0.1, 0.15) is 31.9 Å². The molecule has 3 aromatic carbocycles. The Morgan fingerprint density at radius 1 is 0.704 bits per heavy atom. The van der Waals surface area contributed by atoms with Gasteiger partial charge in [0, 0.05) is 5.33 Å². The third-order valence-corrected chi connectivity index (χ3v) is 10.7. The van der Waals surface area contributed by atoms with Crippen LogP contribution in [0.5, 0.6) is 0 Å². The summed E-state index contributed by atoms with van der Waals surface area (Å²) in [6.45, 7) is 7.57. The van der Waals surface area contributed by atoms with Crippen molar-refractivity contribution < 1.29 is 4.43 Å². The van der Waals surface area contributed by atoms with Gasteiger partial charge in [-0.05, 0) is 26.5 Å². The molecule has 0 N–H and O–H groups in total. The van der Waals surface area contributed by atoms with E-state index in [0.29, 0.717) is 6.61 Å². The molecule has 0 aromatic heterocycles. The second-order valence-electron chi connectivity index (χ2n) is 7.85. The molecule has 0 atom stereocenters. The van der Waals surface area contributed by atoms with Crippen LogP contribution in [-0.4, -0.2) is 8.32 Å². The Hall–Kier alpha value is -1.68. The zero-order chi connectivity index (χ0) is 19.3. The quantitative estimate of drug-likeness (QED) is 0.356. The van der Waals surface area contributed by atoms with Crippen molar-refractivity contribution in [3.05, 3.63) is 96.1 Å². The van der Waals surface area contributed by atoms with Gasteiger partial charge in [0.15, 0.2) is 0 Å². The molecule has 27 heavy (non-hydrogen) atoms. The van der Waals surface area contributed by atoms with Crippen molar-refractivity contribution in [1.82, 2.24) is 0 Å². The van der Waals surface area contributed by atoms with Gasteiger partial charge in [-0.15, -0.1) is 0 Å². The van der Waals surface area contributed by atoms with Gasteiger partial charge in [-0.25, -0.2) is 0 Å². The van der Waals surface area contributed by atoms with Gasteiger partial charge in [0.05, 0.1) is 6.61 Å². The summed E-state index contributed by atoms with van der Waals surface area (Å²) in [5.41, 5.74) is 2.54. The zero-order valence-corrected chi connectivity index (χ0v) is 18.9. The highest BCUT2D eigenvalue weighted by Gasteiger charge is 2.50. The molecule has 0 radical (unpaired) electrons. The van der Waals surface area contributed by atoms with Crippen molar-refractivity contribution in [2.24, 2.45) is 0 Å². The van der Waals surface area contributed by atoms with E-state index >= 15 is 0 Å². The number of rotatable bonds is 6. The van der Waals surface area contributed by atoms with Crippen LogP contribution in [0.4, 0.5) is 0 Å². The predicted octanol–water partition coefficient (Wildman–Crippen LogP) is 5.66. The average molecular weight is 439 g/mol. The third-order valence-electron chi connectivity index (χ3n) is 5.12. The first-order valence-electron chi connectivity index (χ1n) is 9.37. The molecular formula is C24H27BrOSi. The van der Waals surface area contributed by atoms with E-state index in [2.05, 4.69) is 122 Å². The van der Waals surface area contributed by atoms with Gasteiger partial charge in [-0.1, -0.05) is 122 Å². The average Bonchev–Trinajstić information content (AvgIpc) is 2.69. The second-order valence-corrected chi connectivity index (χ2v) is 12.7. The van der Waals surface area contributed by atoms with Crippen LogP contribution in [0.3, 0.4) is 0 Å². The van der Waals surface area contributed by atoms with Crippen molar-refractivity contribution in [1.29, 1.82) is 0 Å². The third kappa shape index (κ3) is 4.10. The van der Waals surface area contributed by atoms with Gasteiger partial charge < -0.3 is 4.43 Å². The summed E-state index contributed by atoms with van der Waals surface area (Å²) in [6.07, 6.45) is 0. The molecule has 3 aromatic rings. The standard InChI is InChI=1S/C24H27BrOSi/c1-24(2,3)27(22-14-6-4-7-15-22,23-16-8-5-9-17-23)26-19-21-13-11-10-12-20(21)18-25/h4-17H,18-19H2,1-3H3. The molecule has 0 saturated carbocycles. The van der Waals surface area contributed by atoms with E-state index in [1.54, 1.807) is 0 Å². The molecule has 0 saturated heterocycles. The van der Waals surface area contributed by atoms with Gasteiger partial charge in [0.25, 0.3) is 8.32 Å². The number of alkyl halides is 1. The number of hydrogen-bond acceptors (Lipinski definition) is 1. The lowest BCUT2D eigenvalue weighted by Gasteiger charge is -2.43. The van der Waals surface area contributed by atoms with Gasteiger partial charge in [0.2, 0.25) is 0 Å². The number of hydrogen-bond donors (Lipinski definition) is 0. The molecule has 0 heterocycles. The zero-order valence-electron chi connectivity index (χ0n) is 16.3. The molecule has 1 nitrogen and oxygen atoms in total. The molecule has 0 fully saturated rings. The Morgan fingerprint density at radius 2 is 1.15 bits per heavy atom. The lowest BCUT2D eigenvalue weighted by atomic mass is 10.1.